The zero-order valence-electron chi connectivity index (χ0n) is 15.7. The second kappa shape index (κ2) is 10.2. The van der Waals surface area contributed by atoms with Gasteiger partial charge in [-0.15, -0.1) is 0 Å². The van der Waals surface area contributed by atoms with Crippen LogP contribution in [0, 0.1) is 17.7 Å². The molecular weight excluding hydrogens is 377 g/mol. The number of halogens is 3. The van der Waals surface area contributed by atoms with E-state index in [1.807, 2.05) is 13.0 Å². The average Bonchev–Trinajstić information content (AvgIpc) is 2.69. The molecule has 28 heavy (non-hydrogen) atoms. The fraction of sp³-hybridized carbons (Fsp3) is 0.600. The van der Waals surface area contributed by atoms with Crippen LogP contribution in [0.15, 0.2) is 30.4 Å². The summed E-state index contributed by atoms with van der Waals surface area (Å²) in [6, 6.07) is 3.69. The first-order valence-corrected chi connectivity index (χ1v) is 9.38. The predicted molar refractivity (Wildman–Crippen MR) is 94.4 cm³/mol. The third kappa shape index (κ3) is 5.94. The van der Waals surface area contributed by atoms with Gasteiger partial charge in [-0.2, -0.15) is 8.78 Å². The molecule has 2 aliphatic rings. The van der Waals surface area contributed by atoms with Crippen LogP contribution in [0.5, 0.6) is 5.75 Å². The van der Waals surface area contributed by atoms with Crippen LogP contribution in [0.2, 0.25) is 0 Å². The highest BCUT2D eigenvalue weighted by Crippen LogP contribution is 2.30. The molecule has 2 aliphatic heterocycles. The summed E-state index contributed by atoms with van der Waals surface area (Å²) in [6.07, 6.45) is 4.70. The van der Waals surface area contributed by atoms with Gasteiger partial charge in [0.1, 0.15) is 0 Å². The van der Waals surface area contributed by atoms with Crippen molar-refractivity contribution < 1.29 is 36.9 Å². The van der Waals surface area contributed by atoms with Crippen molar-refractivity contribution >= 4 is 0 Å². The van der Waals surface area contributed by atoms with Crippen molar-refractivity contribution in [1.82, 2.24) is 0 Å². The highest BCUT2D eigenvalue weighted by Gasteiger charge is 2.27. The van der Waals surface area contributed by atoms with E-state index in [-0.39, 0.29) is 12.2 Å². The molecule has 0 aliphatic carbocycles. The van der Waals surface area contributed by atoms with Gasteiger partial charge in [-0.05, 0) is 31.9 Å². The summed E-state index contributed by atoms with van der Waals surface area (Å²) < 4.78 is 65.1. The van der Waals surface area contributed by atoms with E-state index in [9.17, 15) is 13.2 Å². The van der Waals surface area contributed by atoms with Crippen LogP contribution < -0.4 is 4.74 Å². The minimum Gasteiger partial charge on any atom is -0.432 e. The molecule has 156 valence electrons. The Kier molecular flexibility index (Phi) is 7.73. The number of hydrogen-bond donors (Lipinski definition) is 0. The van der Waals surface area contributed by atoms with Crippen molar-refractivity contribution in [1.29, 1.82) is 0 Å². The Hall–Kier alpha value is -1.61. The molecule has 2 heterocycles. The van der Waals surface area contributed by atoms with Gasteiger partial charge in [0.05, 0.1) is 26.4 Å². The van der Waals surface area contributed by atoms with E-state index >= 15 is 0 Å². The summed E-state index contributed by atoms with van der Waals surface area (Å²) in [5.74, 6) is -0.893. The minimum atomic E-state index is -3.07. The van der Waals surface area contributed by atoms with Crippen LogP contribution in [0.4, 0.5) is 13.2 Å². The van der Waals surface area contributed by atoms with Gasteiger partial charge in [0.15, 0.2) is 24.1 Å². The van der Waals surface area contributed by atoms with Crippen LogP contribution in [-0.2, 0) is 18.9 Å². The second-order valence-corrected chi connectivity index (χ2v) is 6.89. The van der Waals surface area contributed by atoms with Gasteiger partial charge < -0.3 is 23.7 Å². The molecule has 0 saturated carbocycles. The van der Waals surface area contributed by atoms with Gasteiger partial charge >= 0.3 is 6.61 Å². The summed E-state index contributed by atoms with van der Waals surface area (Å²) in [7, 11) is 0. The first kappa shape index (κ1) is 21.1. The van der Waals surface area contributed by atoms with Crippen LogP contribution in [-0.4, -0.2) is 39.3 Å². The summed E-state index contributed by atoms with van der Waals surface area (Å²) in [5, 5.41) is 0. The molecule has 1 aromatic rings. The van der Waals surface area contributed by atoms with Crippen LogP contribution in [0.1, 0.15) is 31.6 Å². The smallest absolute Gasteiger partial charge is 0.387 e. The number of allylic oxidation sites excluding steroid dienone is 1. The molecule has 0 spiro atoms. The Labute approximate surface area is 162 Å². The first-order chi connectivity index (χ1) is 13.5. The van der Waals surface area contributed by atoms with E-state index in [1.165, 1.54) is 6.07 Å². The number of rotatable bonds is 7. The van der Waals surface area contributed by atoms with Crippen LogP contribution in [0.3, 0.4) is 0 Å². The number of hydrogen-bond acceptors (Lipinski definition) is 5. The maximum Gasteiger partial charge on any atom is 0.387 e. The summed E-state index contributed by atoms with van der Waals surface area (Å²) in [6.45, 7) is 1.12. The average molecular weight is 402 g/mol. The van der Waals surface area contributed by atoms with E-state index in [1.54, 1.807) is 0 Å². The molecule has 0 bridgehead atoms. The number of ether oxygens (including phenoxy) is 5. The highest BCUT2D eigenvalue weighted by molar-refractivity contribution is 5.30. The van der Waals surface area contributed by atoms with Crippen LogP contribution >= 0.6 is 0 Å². The number of benzene rings is 1. The molecule has 8 heteroatoms. The fourth-order valence-electron chi connectivity index (χ4n) is 3.24. The number of alkyl halides is 2. The zero-order valence-corrected chi connectivity index (χ0v) is 15.7. The molecule has 0 atom stereocenters. The molecule has 1 aromatic carbocycles. The van der Waals surface area contributed by atoms with Crippen molar-refractivity contribution in [3.05, 3.63) is 41.7 Å². The van der Waals surface area contributed by atoms with E-state index in [2.05, 4.69) is 10.8 Å². The monoisotopic (exact) mass is 402 g/mol. The lowest BCUT2D eigenvalue weighted by Crippen LogP contribution is -2.33. The summed E-state index contributed by atoms with van der Waals surface area (Å²) in [5.41, 5.74) is 0.423. The lowest BCUT2D eigenvalue weighted by molar-refractivity contribution is -0.217. The standard InChI is InChI=1S/C20H25F3O5/c1-2-3-13-9-24-18(25-10-13)7-4-14-11-26-19(27-12-14)15-5-6-17(16(21)8-15)28-20(22)23/h2-3,5-6,8,13-14,18-20H,4,7,9-12H2,1H3/b3-2-. The molecule has 3 rings (SSSR count). The molecule has 0 amide bonds. The maximum absolute atomic E-state index is 13.8. The summed E-state index contributed by atoms with van der Waals surface area (Å²) >= 11 is 0. The molecule has 0 radical (unpaired) electrons. The quantitative estimate of drug-likeness (QED) is 0.632. The van der Waals surface area contributed by atoms with Crippen molar-refractivity contribution in [3.63, 3.8) is 0 Å². The van der Waals surface area contributed by atoms with Gasteiger partial charge in [-0.25, -0.2) is 4.39 Å². The second-order valence-electron chi connectivity index (χ2n) is 6.89. The third-order valence-corrected chi connectivity index (χ3v) is 4.68. The molecule has 5 nitrogen and oxygen atoms in total. The van der Waals surface area contributed by atoms with E-state index in [0.717, 1.165) is 25.0 Å². The molecule has 0 aromatic heterocycles. The predicted octanol–water partition coefficient (Wildman–Crippen LogP) is 4.43. The van der Waals surface area contributed by atoms with Crippen molar-refractivity contribution in [2.24, 2.45) is 11.8 Å². The molecule has 2 saturated heterocycles. The summed E-state index contributed by atoms with van der Waals surface area (Å²) in [4.78, 5) is 0. The normalized spacial score (nSPS) is 28.8. The van der Waals surface area contributed by atoms with E-state index < -0.39 is 24.5 Å². The van der Waals surface area contributed by atoms with Crippen LogP contribution in [0.25, 0.3) is 0 Å². The Balaban J connectivity index is 1.40. The molecular formula is C20H25F3O5. The Morgan fingerprint density at radius 3 is 2.39 bits per heavy atom. The minimum absolute atomic E-state index is 0.183. The Morgan fingerprint density at radius 1 is 1.07 bits per heavy atom. The van der Waals surface area contributed by atoms with Gasteiger partial charge in [-0.3, -0.25) is 0 Å². The fourth-order valence-corrected chi connectivity index (χ4v) is 3.24. The van der Waals surface area contributed by atoms with Gasteiger partial charge in [0, 0.05) is 17.4 Å². The third-order valence-electron chi connectivity index (χ3n) is 4.68. The Bertz CT molecular complexity index is 639. The highest BCUT2D eigenvalue weighted by atomic mass is 19.3. The lowest BCUT2D eigenvalue weighted by Gasteiger charge is -2.32. The zero-order chi connectivity index (χ0) is 19.9. The topological polar surface area (TPSA) is 46.2 Å². The molecule has 0 unspecified atom stereocenters. The van der Waals surface area contributed by atoms with Crippen molar-refractivity contribution in [2.75, 3.05) is 26.4 Å². The first-order valence-electron chi connectivity index (χ1n) is 9.38. The molecule has 2 fully saturated rings. The van der Waals surface area contributed by atoms with Crippen molar-refractivity contribution in [2.45, 2.75) is 39.0 Å². The van der Waals surface area contributed by atoms with Gasteiger partial charge in [0.2, 0.25) is 0 Å². The van der Waals surface area contributed by atoms with Gasteiger partial charge in [0.25, 0.3) is 0 Å². The maximum atomic E-state index is 13.8. The molecule has 0 N–H and O–H groups in total. The SMILES string of the molecule is C/C=C\C1COC(CCC2COC(c3ccc(OC(F)F)c(F)c3)OC2)OC1. The van der Waals surface area contributed by atoms with Gasteiger partial charge in [-0.1, -0.05) is 18.2 Å². The lowest BCUT2D eigenvalue weighted by atomic mass is 10.0. The largest absolute Gasteiger partial charge is 0.432 e. The Morgan fingerprint density at radius 2 is 1.79 bits per heavy atom. The van der Waals surface area contributed by atoms with E-state index in [4.69, 9.17) is 18.9 Å². The van der Waals surface area contributed by atoms with Crippen molar-refractivity contribution in [3.8, 4) is 5.75 Å². The van der Waals surface area contributed by atoms with E-state index in [0.29, 0.717) is 37.9 Å².